The first-order chi connectivity index (χ1) is 4.65. The van der Waals surface area contributed by atoms with Gasteiger partial charge in [-0.1, -0.05) is 31.7 Å². The molecule has 0 unspecified atom stereocenters. The van der Waals surface area contributed by atoms with Crippen LogP contribution in [-0.4, -0.2) is 26.0 Å². The molecule has 0 amide bonds. The summed E-state index contributed by atoms with van der Waals surface area (Å²) in [5, 5.41) is 0. The smallest absolute Gasteiger partial charge is 0.0140 e. The van der Waals surface area contributed by atoms with E-state index in [1.807, 2.05) is 32.1 Å². The fraction of sp³-hybridized carbons (Fsp3) is 0.556. The summed E-state index contributed by atoms with van der Waals surface area (Å²) in [6.07, 6.45) is 6.89. The van der Waals surface area contributed by atoms with Crippen LogP contribution in [0.2, 0.25) is 0 Å². The van der Waals surface area contributed by atoms with E-state index in [0.29, 0.717) is 0 Å². The fourth-order valence-corrected chi connectivity index (χ4v) is 0.232. The average Bonchev–Trinajstić information content (AvgIpc) is 1.82. The monoisotopic (exact) mass is 141 g/mol. The van der Waals surface area contributed by atoms with Gasteiger partial charge in [0.05, 0.1) is 0 Å². The molecule has 0 fully saturated rings. The minimum Gasteiger partial charge on any atom is -0.312 e. The van der Waals surface area contributed by atoms with Crippen molar-refractivity contribution in [3.8, 4) is 0 Å². The molecule has 0 aliphatic heterocycles. The fourth-order valence-electron chi connectivity index (χ4n) is 0.232. The van der Waals surface area contributed by atoms with Crippen molar-refractivity contribution in [3.63, 3.8) is 0 Å². The highest BCUT2D eigenvalue weighted by Crippen LogP contribution is 1.76. The zero-order chi connectivity index (χ0) is 8.41. The molecule has 0 saturated heterocycles. The minimum atomic E-state index is 1.10. The van der Waals surface area contributed by atoms with Gasteiger partial charge < -0.3 is 4.90 Å². The molecule has 0 aromatic heterocycles. The summed E-state index contributed by atoms with van der Waals surface area (Å²) >= 11 is 0. The zero-order valence-corrected chi connectivity index (χ0v) is 7.59. The molecule has 0 bridgehead atoms. The third-order valence-corrected chi connectivity index (χ3v) is 0.508. The van der Waals surface area contributed by atoms with Gasteiger partial charge in [-0.05, 0) is 27.6 Å². The molecule has 1 heteroatoms. The van der Waals surface area contributed by atoms with Gasteiger partial charge in [0.25, 0.3) is 0 Å². The number of rotatable bonds is 2. The van der Waals surface area contributed by atoms with Crippen LogP contribution < -0.4 is 0 Å². The Hall–Kier alpha value is -0.560. The van der Waals surface area contributed by atoms with Gasteiger partial charge in [0, 0.05) is 0 Å². The van der Waals surface area contributed by atoms with Crippen LogP contribution in [0.15, 0.2) is 24.8 Å². The Balaban J connectivity index is 0. The number of hydrogen-bond acceptors (Lipinski definition) is 1. The van der Waals surface area contributed by atoms with Crippen molar-refractivity contribution in [2.24, 2.45) is 0 Å². The van der Waals surface area contributed by atoms with Gasteiger partial charge in [-0.25, -0.2) is 0 Å². The lowest BCUT2D eigenvalue weighted by Crippen LogP contribution is -1.99. The average molecular weight is 141 g/mol. The Morgan fingerprint density at radius 1 is 1.30 bits per heavy atom. The summed E-state index contributed by atoms with van der Waals surface area (Å²) < 4.78 is 0. The SMILES string of the molecule is C=CC=CCC.CN(C)C. The van der Waals surface area contributed by atoms with Gasteiger partial charge in [-0.15, -0.1) is 0 Å². The first kappa shape index (κ1) is 12.1. The topological polar surface area (TPSA) is 3.24 Å². The molecule has 0 aromatic rings. The van der Waals surface area contributed by atoms with Gasteiger partial charge in [0.1, 0.15) is 0 Å². The molecule has 0 saturated carbocycles. The van der Waals surface area contributed by atoms with Crippen LogP contribution in [0.1, 0.15) is 13.3 Å². The van der Waals surface area contributed by atoms with Gasteiger partial charge in [0.15, 0.2) is 0 Å². The van der Waals surface area contributed by atoms with E-state index in [-0.39, 0.29) is 0 Å². The van der Waals surface area contributed by atoms with E-state index in [4.69, 9.17) is 0 Å². The summed E-state index contributed by atoms with van der Waals surface area (Å²) in [6, 6.07) is 0. The van der Waals surface area contributed by atoms with Crippen molar-refractivity contribution in [3.05, 3.63) is 24.8 Å². The van der Waals surface area contributed by atoms with Gasteiger partial charge in [-0.3, -0.25) is 0 Å². The molecule has 0 spiro atoms. The van der Waals surface area contributed by atoms with Crippen LogP contribution in [0.4, 0.5) is 0 Å². The summed E-state index contributed by atoms with van der Waals surface area (Å²) in [5.41, 5.74) is 0. The van der Waals surface area contributed by atoms with Crippen LogP contribution >= 0.6 is 0 Å². The van der Waals surface area contributed by atoms with Crippen molar-refractivity contribution in [2.75, 3.05) is 21.1 Å². The lowest BCUT2D eigenvalue weighted by molar-refractivity contribution is 0.505. The number of allylic oxidation sites excluding steroid dienone is 3. The number of nitrogens with zero attached hydrogens (tertiary/aromatic N) is 1. The van der Waals surface area contributed by atoms with E-state index >= 15 is 0 Å². The van der Waals surface area contributed by atoms with Crippen LogP contribution in [-0.2, 0) is 0 Å². The van der Waals surface area contributed by atoms with Gasteiger partial charge >= 0.3 is 0 Å². The van der Waals surface area contributed by atoms with E-state index in [1.165, 1.54) is 0 Å². The molecule has 0 aliphatic rings. The Kier molecular flexibility index (Phi) is 13.7. The third kappa shape index (κ3) is 51.8. The molecule has 10 heavy (non-hydrogen) atoms. The molecule has 0 N–H and O–H groups in total. The highest BCUT2D eigenvalue weighted by Gasteiger charge is 1.58. The number of hydrogen-bond donors (Lipinski definition) is 0. The van der Waals surface area contributed by atoms with E-state index in [9.17, 15) is 0 Å². The highest BCUT2D eigenvalue weighted by molar-refractivity contribution is 4.96. The second-order valence-corrected chi connectivity index (χ2v) is 2.41. The van der Waals surface area contributed by atoms with Crippen LogP contribution in [0.3, 0.4) is 0 Å². The van der Waals surface area contributed by atoms with Crippen molar-refractivity contribution >= 4 is 0 Å². The maximum atomic E-state index is 3.51. The van der Waals surface area contributed by atoms with E-state index in [1.54, 1.807) is 6.08 Å². The molecule has 0 aliphatic carbocycles. The Labute approximate surface area is 65.0 Å². The van der Waals surface area contributed by atoms with Crippen LogP contribution in [0.25, 0.3) is 0 Å². The Bertz CT molecular complexity index is 80.0. The van der Waals surface area contributed by atoms with Crippen LogP contribution in [0.5, 0.6) is 0 Å². The zero-order valence-electron chi connectivity index (χ0n) is 7.59. The molecule has 0 atom stereocenters. The molecule has 0 rings (SSSR count). The normalized spacial score (nSPS) is 9.30. The van der Waals surface area contributed by atoms with E-state index < -0.39 is 0 Å². The molecule has 1 nitrogen and oxygen atoms in total. The summed E-state index contributed by atoms with van der Waals surface area (Å²) in [7, 11) is 6.00. The Morgan fingerprint density at radius 3 is 1.80 bits per heavy atom. The van der Waals surface area contributed by atoms with Gasteiger partial charge in [0.2, 0.25) is 0 Å². The second kappa shape index (κ2) is 11.3. The van der Waals surface area contributed by atoms with Crippen molar-refractivity contribution in [1.82, 2.24) is 4.90 Å². The Morgan fingerprint density at radius 2 is 1.70 bits per heavy atom. The standard InChI is InChI=1S/C6H10.C3H9N/c1-3-5-6-4-2;1-4(2)3/h3,5-6H,1,4H2,2H3;1-3H3. The first-order valence-corrected chi connectivity index (χ1v) is 3.53. The maximum absolute atomic E-state index is 3.51. The quantitative estimate of drug-likeness (QED) is 0.533. The predicted octanol–water partition coefficient (Wildman–Crippen LogP) is 2.32. The largest absolute Gasteiger partial charge is 0.312 e. The molecule has 0 aromatic carbocycles. The van der Waals surface area contributed by atoms with E-state index in [0.717, 1.165) is 6.42 Å². The van der Waals surface area contributed by atoms with Crippen LogP contribution in [0, 0.1) is 0 Å². The summed E-state index contributed by atoms with van der Waals surface area (Å²) in [4.78, 5) is 2.00. The summed E-state index contributed by atoms with van der Waals surface area (Å²) in [6.45, 7) is 5.61. The summed E-state index contributed by atoms with van der Waals surface area (Å²) in [5.74, 6) is 0. The lowest BCUT2D eigenvalue weighted by Gasteiger charge is -1.90. The molecule has 0 heterocycles. The lowest BCUT2D eigenvalue weighted by atomic mass is 10.4. The van der Waals surface area contributed by atoms with Crippen molar-refractivity contribution in [1.29, 1.82) is 0 Å². The second-order valence-electron chi connectivity index (χ2n) is 2.41. The third-order valence-electron chi connectivity index (χ3n) is 0.508. The van der Waals surface area contributed by atoms with Gasteiger partial charge in [-0.2, -0.15) is 0 Å². The molecular weight excluding hydrogens is 122 g/mol. The first-order valence-electron chi connectivity index (χ1n) is 3.53. The molecule has 0 radical (unpaired) electrons. The van der Waals surface area contributed by atoms with E-state index in [2.05, 4.69) is 19.6 Å². The highest BCUT2D eigenvalue weighted by atomic mass is 15.0. The predicted molar refractivity (Wildman–Crippen MR) is 49.2 cm³/mol. The van der Waals surface area contributed by atoms with Crippen molar-refractivity contribution in [2.45, 2.75) is 13.3 Å². The van der Waals surface area contributed by atoms with Crippen molar-refractivity contribution < 1.29 is 0 Å². The minimum absolute atomic E-state index is 1.10. The molecule has 60 valence electrons. The maximum Gasteiger partial charge on any atom is -0.0140 e. The molecular formula is C9H19N.